The third-order valence-electron chi connectivity index (χ3n) is 10.1. The van der Waals surface area contributed by atoms with Crippen LogP contribution >= 0.6 is 23.2 Å². The van der Waals surface area contributed by atoms with Crippen LogP contribution in [0.4, 0.5) is 0 Å². The number of ether oxygens (including phenoxy) is 2. The van der Waals surface area contributed by atoms with Gasteiger partial charge in [-0.25, -0.2) is 9.78 Å². The molecule has 3 heterocycles. The minimum Gasteiger partial charge on any atom is -0.477 e. The van der Waals surface area contributed by atoms with E-state index in [9.17, 15) is 9.90 Å². The molecule has 2 bridgehead atoms. The van der Waals surface area contributed by atoms with E-state index in [4.69, 9.17) is 37.2 Å². The Morgan fingerprint density at radius 2 is 1.76 bits per heavy atom. The first-order chi connectivity index (χ1) is 21.8. The smallest absolute Gasteiger partial charge is 0.354 e. The predicted octanol–water partition coefficient (Wildman–Crippen LogP) is 9.03. The number of hydrogen-bond acceptors (Lipinski definition) is 7. The van der Waals surface area contributed by atoms with Crippen LogP contribution in [0.15, 0.2) is 47.3 Å². The lowest BCUT2D eigenvalue weighted by molar-refractivity contribution is -0.133. The largest absolute Gasteiger partial charge is 0.477 e. The molecule has 5 fully saturated rings. The van der Waals surface area contributed by atoms with Crippen LogP contribution in [0.2, 0.25) is 10.0 Å². The maximum absolute atomic E-state index is 11.6. The molecule has 0 spiro atoms. The zero-order valence-electron chi connectivity index (χ0n) is 24.7. The van der Waals surface area contributed by atoms with Crippen molar-refractivity contribution in [2.45, 2.75) is 88.4 Å². The monoisotopic (exact) mass is 645 g/mol. The molecule has 10 heteroatoms. The van der Waals surface area contributed by atoms with Crippen molar-refractivity contribution in [3.05, 3.63) is 75.4 Å². The Labute approximate surface area is 270 Å². The number of pyridine rings is 2. The summed E-state index contributed by atoms with van der Waals surface area (Å²) in [7, 11) is 0. The van der Waals surface area contributed by atoms with Crippen molar-refractivity contribution < 1.29 is 23.9 Å². The Bertz CT molecular complexity index is 1800. The van der Waals surface area contributed by atoms with Crippen molar-refractivity contribution in [1.29, 1.82) is 0 Å². The van der Waals surface area contributed by atoms with Crippen LogP contribution in [-0.2, 0) is 11.3 Å². The molecule has 0 saturated heterocycles. The minimum atomic E-state index is -1.05. The Kier molecular flexibility index (Phi) is 7.15. The van der Waals surface area contributed by atoms with Gasteiger partial charge in [0.2, 0.25) is 5.88 Å². The summed E-state index contributed by atoms with van der Waals surface area (Å²) in [5, 5.41) is 16.5. The summed E-state index contributed by atoms with van der Waals surface area (Å²) in [5.41, 5.74) is 3.29. The van der Waals surface area contributed by atoms with Gasteiger partial charge in [-0.1, -0.05) is 52.6 Å². The molecule has 0 amide bonds. The van der Waals surface area contributed by atoms with Gasteiger partial charge < -0.3 is 19.1 Å². The van der Waals surface area contributed by atoms with E-state index in [0.717, 1.165) is 91.9 Å². The van der Waals surface area contributed by atoms with Gasteiger partial charge in [0.05, 0.1) is 22.3 Å². The maximum atomic E-state index is 11.6. The lowest BCUT2D eigenvalue weighted by atomic mass is 9.58. The lowest BCUT2D eigenvalue weighted by Crippen LogP contribution is -2.46. The van der Waals surface area contributed by atoms with E-state index >= 15 is 0 Å². The molecule has 8 nitrogen and oxygen atoms in total. The van der Waals surface area contributed by atoms with E-state index in [1.54, 1.807) is 18.5 Å². The summed E-state index contributed by atoms with van der Waals surface area (Å²) in [6, 6.07) is 7.67. The number of rotatable bonds is 10. The van der Waals surface area contributed by atoms with Gasteiger partial charge in [-0.3, -0.25) is 4.98 Å². The average Bonchev–Trinajstić information content (AvgIpc) is 3.99. The van der Waals surface area contributed by atoms with E-state index in [1.165, 1.54) is 0 Å². The van der Waals surface area contributed by atoms with Crippen LogP contribution < -0.4 is 4.74 Å². The second-order valence-electron chi connectivity index (χ2n) is 13.2. The van der Waals surface area contributed by atoms with Crippen molar-refractivity contribution >= 4 is 46.0 Å². The fourth-order valence-corrected chi connectivity index (χ4v) is 7.53. The Morgan fingerprint density at radius 3 is 2.42 bits per heavy atom. The van der Waals surface area contributed by atoms with Crippen LogP contribution in [0.5, 0.6) is 5.88 Å². The van der Waals surface area contributed by atoms with Crippen LogP contribution in [0.1, 0.15) is 97.5 Å². The Morgan fingerprint density at radius 1 is 1.02 bits per heavy atom. The zero-order chi connectivity index (χ0) is 30.8. The quantitative estimate of drug-likeness (QED) is 0.182. The normalized spacial score (nSPS) is 24.5. The van der Waals surface area contributed by atoms with Crippen molar-refractivity contribution in [2.24, 2.45) is 5.41 Å². The first kappa shape index (κ1) is 29.0. The molecular formula is C35H33Cl2N3O5. The summed E-state index contributed by atoms with van der Waals surface area (Å²) in [6.45, 7) is 0.419. The number of nitrogens with zero attached hydrogens (tertiary/aromatic N) is 3. The third-order valence-corrected chi connectivity index (χ3v) is 10.7. The summed E-state index contributed by atoms with van der Waals surface area (Å²) < 4.78 is 18.7. The Balaban J connectivity index is 0.983. The highest BCUT2D eigenvalue weighted by molar-refractivity contribution is 6.38. The molecule has 4 aromatic rings. The molecule has 5 aliphatic carbocycles. The Hall–Kier alpha value is -3.46. The van der Waals surface area contributed by atoms with Crippen LogP contribution in [0.25, 0.3) is 28.1 Å². The standard InChI is InChI=1S/C35H33Cl2N3O5/c36-26-17-38-18-27(37)29(26)30-25(31(45-40-30)21-3-4-21)19-43-35-12-9-34(10-13-35,11-14-35)8-7-20-1-2-22-16-28(33(41)42)39-32(24(22)15-20)44-23-5-6-23/h1-2,7-8,15-18,21,23H,3-6,9-14,19H2,(H,41,42)/b8-7+. The van der Waals surface area contributed by atoms with Crippen molar-refractivity contribution in [3.63, 3.8) is 0 Å². The maximum Gasteiger partial charge on any atom is 0.354 e. The zero-order valence-corrected chi connectivity index (χ0v) is 26.2. The van der Waals surface area contributed by atoms with Gasteiger partial charge in [0, 0.05) is 34.8 Å². The fraction of sp³-hybridized carbons (Fsp3) is 0.429. The average molecular weight is 647 g/mol. The molecule has 3 aromatic heterocycles. The first-order valence-corrected chi connectivity index (χ1v) is 16.5. The molecule has 5 saturated carbocycles. The van der Waals surface area contributed by atoms with Gasteiger partial charge in [0.25, 0.3) is 0 Å². The summed E-state index contributed by atoms with van der Waals surface area (Å²) in [5.74, 6) is 0.624. The van der Waals surface area contributed by atoms with Crippen molar-refractivity contribution in [2.75, 3.05) is 0 Å². The van der Waals surface area contributed by atoms with Crippen LogP contribution in [-0.4, -0.2) is 37.9 Å². The second-order valence-corrected chi connectivity index (χ2v) is 14.0. The molecule has 9 rings (SSSR count). The number of allylic oxidation sites excluding steroid dienone is 1. The van der Waals surface area contributed by atoms with Crippen LogP contribution in [0, 0.1) is 5.41 Å². The molecule has 232 valence electrons. The highest BCUT2D eigenvalue weighted by Crippen LogP contribution is 2.55. The second kappa shape index (κ2) is 11.1. The van der Waals surface area contributed by atoms with Crippen LogP contribution in [0.3, 0.4) is 0 Å². The molecule has 0 unspecified atom stereocenters. The van der Waals surface area contributed by atoms with Crippen molar-refractivity contribution in [3.8, 4) is 17.1 Å². The number of halogens is 2. The molecule has 0 aliphatic heterocycles. The number of carboxylic acid groups (broad SMARTS) is 1. The molecule has 0 atom stereocenters. The third kappa shape index (κ3) is 5.62. The number of carboxylic acids is 1. The van der Waals surface area contributed by atoms with E-state index < -0.39 is 5.97 Å². The van der Waals surface area contributed by atoms with E-state index in [2.05, 4.69) is 33.3 Å². The molecule has 1 aromatic carbocycles. The van der Waals surface area contributed by atoms with E-state index in [0.29, 0.717) is 39.7 Å². The highest BCUT2D eigenvalue weighted by atomic mass is 35.5. The van der Waals surface area contributed by atoms with Gasteiger partial charge in [-0.2, -0.15) is 0 Å². The summed E-state index contributed by atoms with van der Waals surface area (Å²) in [6.07, 6.45) is 18.2. The number of carbonyl (C=O) groups is 1. The summed E-state index contributed by atoms with van der Waals surface area (Å²) in [4.78, 5) is 20.0. The van der Waals surface area contributed by atoms with E-state index in [1.807, 2.05) is 12.1 Å². The first-order valence-electron chi connectivity index (χ1n) is 15.8. The van der Waals surface area contributed by atoms with Gasteiger partial charge in [-0.15, -0.1) is 0 Å². The fourth-order valence-electron chi connectivity index (χ4n) is 6.99. The lowest BCUT2D eigenvalue weighted by Gasteiger charge is -2.52. The predicted molar refractivity (Wildman–Crippen MR) is 171 cm³/mol. The van der Waals surface area contributed by atoms with Gasteiger partial charge in [0.15, 0.2) is 5.69 Å². The highest BCUT2D eigenvalue weighted by Gasteiger charge is 2.48. The number of benzene rings is 1. The SMILES string of the molecule is O=C(O)c1cc2ccc(/C=C/C34CCC(OCc5c(-c6c(Cl)cncc6Cl)noc5C5CC5)(CC3)CC4)cc2c(OC2CC2)n1. The van der Waals surface area contributed by atoms with Gasteiger partial charge >= 0.3 is 5.97 Å². The van der Waals surface area contributed by atoms with Crippen molar-refractivity contribution in [1.82, 2.24) is 15.1 Å². The summed E-state index contributed by atoms with van der Waals surface area (Å²) >= 11 is 13.0. The van der Waals surface area contributed by atoms with Gasteiger partial charge in [-0.05, 0) is 92.7 Å². The minimum absolute atomic E-state index is 0.00410. The topological polar surface area (TPSA) is 108 Å². The number of aromatic nitrogens is 3. The van der Waals surface area contributed by atoms with E-state index in [-0.39, 0.29) is 22.8 Å². The van der Waals surface area contributed by atoms with Gasteiger partial charge in [0.1, 0.15) is 17.6 Å². The molecule has 5 aliphatic rings. The molecular weight excluding hydrogens is 613 g/mol. The molecule has 1 N–H and O–H groups in total. The molecule has 0 radical (unpaired) electrons. The molecule has 45 heavy (non-hydrogen) atoms. The number of hydrogen-bond donors (Lipinski definition) is 1. The number of aromatic carboxylic acids is 1. The number of fused-ring (bicyclic) bond motifs is 4.